The molecule has 1 amide bonds. The van der Waals surface area contributed by atoms with Crippen LogP contribution < -0.4 is 4.90 Å². The third-order valence-electron chi connectivity index (χ3n) is 4.77. The number of anilines is 1. The molecule has 2 aromatic carbocycles. The first-order valence-electron chi connectivity index (χ1n) is 8.77. The van der Waals surface area contributed by atoms with Crippen molar-refractivity contribution in [3.63, 3.8) is 0 Å². The van der Waals surface area contributed by atoms with Crippen LogP contribution >= 0.6 is 11.3 Å². The van der Waals surface area contributed by atoms with Gasteiger partial charge in [0.25, 0.3) is 0 Å². The number of carbonyl (C=O) groups is 1. The van der Waals surface area contributed by atoms with E-state index in [9.17, 15) is 9.18 Å². The Kier molecular flexibility index (Phi) is 4.80. The highest BCUT2D eigenvalue weighted by atomic mass is 32.1. The van der Waals surface area contributed by atoms with Crippen LogP contribution in [0, 0.1) is 11.7 Å². The van der Waals surface area contributed by atoms with Crippen molar-refractivity contribution in [3.8, 4) is 11.3 Å². The summed E-state index contributed by atoms with van der Waals surface area (Å²) in [5.74, 6) is -0.0692. The van der Waals surface area contributed by atoms with Crippen molar-refractivity contribution in [2.45, 2.75) is 25.8 Å². The summed E-state index contributed by atoms with van der Waals surface area (Å²) in [6.07, 6.45) is 2.99. The maximum absolute atomic E-state index is 13.2. The van der Waals surface area contributed by atoms with E-state index in [1.165, 1.54) is 23.5 Å². The second kappa shape index (κ2) is 7.38. The minimum Gasteiger partial charge on any atom is -0.283 e. The number of rotatable bonds is 5. The summed E-state index contributed by atoms with van der Waals surface area (Å²) in [5, 5.41) is 2.68. The molecule has 1 aromatic heterocycles. The van der Waals surface area contributed by atoms with Gasteiger partial charge in [0.05, 0.1) is 12.2 Å². The highest BCUT2D eigenvalue weighted by Crippen LogP contribution is 2.34. The third-order valence-corrected chi connectivity index (χ3v) is 5.63. The maximum atomic E-state index is 13.2. The van der Waals surface area contributed by atoms with E-state index in [2.05, 4.69) is 0 Å². The SMILES string of the molecule is O=C(C1CCC1)N(Cc1ccc(F)cc1)c1nc(-c2ccccc2)cs1. The lowest BCUT2D eigenvalue weighted by atomic mass is 9.84. The molecule has 132 valence electrons. The van der Waals surface area contributed by atoms with Crippen molar-refractivity contribution in [2.24, 2.45) is 5.92 Å². The van der Waals surface area contributed by atoms with Crippen LogP contribution in [0.4, 0.5) is 9.52 Å². The standard InChI is InChI=1S/C21H19FN2OS/c22-18-11-9-15(10-12-18)13-24(20(25)17-7-4-8-17)21-23-19(14-26-21)16-5-2-1-3-6-16/h1-3,5-6,9-12,14,17H,4,7-8,13H2. The molecule has 3 aromatic rings. The lowest BCUT2D eigenvalue weighted by molar-refractivity contribution is -0.124. The number of aromatic nitrogens is 1. The number of amides is 1. The molecular weight excluding hydrogens is 347 g/mol. The summed E-state index contributed by atoms with van der Waals surface area (Å²) in [7, 11) is 0. The Labute approximate surface area is 156 Å². The highest BCUT2D eigenvalue weighted by molar-refractivity contribution is 7.14. The monoisotopic (exact) mass is 366 g/mol. The van der Waals surface area contributed by atoms with Crippen molar-refractivity contribution in [2.75, 3.05) is 4.90 Å². The zero-order valence-corrected chi connectivity index (χ0v) is 15.1. The average Bonchev–Trinajstić information content (AvgIpc) is 3.10. The summed E-state index contributed by atoms with van der Waals surface area (Å²) in [4.78, 5) is 19.4. The van der Waals surface area contributed by atoms with Crippen LogP contribution in [0.1, 0.15) is 24.8 Å². The van der Waals surface area contributed by atoms with Gasteiger partial charge in [-0.3, -0.25) is 9.69 Å². The van der Waals surface area contributed by atoms with Gasteiger partial charge >= 0.3 is 0 Å². The Bertz CT molecular complexity index is 888. The summed E-state index contributed by atoms with van der Waals surface area (Å²) in [5.41, 5.74) is 2.81. The fraction of sp³-hybridized carbons (Fsp3) is 0.238. The first kappa shape index (κ1) is 16.9. The van der Waals surface area contributed by atoms with Gasteiger partial charge in [-0.1, -0.05) is 48.9 Å². The molecule has 0 radical (unpaired) electrons. The molecule has 5 heteroatoms. The molecule has 0 spiro atoms. The van der Waals surface area contributed by atoms with E-state index in [-0.39, 0.29) is 17.6 Å². The number of hydrogen-bond donors (Lipinski definition) is 0. The number of thiazole rings is 1. The molecule has 0 saturated heterocycles. The summed E-state index contributed by atoms with van der Waals surface area (Å²) in [6, 6.07) is 16.3. The molecule has 1 saturated carbocycles. The van der Waals surface area contributed by atoms with Gasteiger partial charge in [-0.15, -0.1) is 11.3 Å². The van der Waals surface area contributed by atoms with E-state index < -0.39 is 0 Å². The van der Waals surface area contributed by atoms with Gasteiger partial charge < -0.3 is 0 Å². The Morgan fingerprint density at radius 2 is 1.85 bits per heavy atom. The molecule has 1 heterocycles. The molecule has 4 rings (SSSR count). The Balaban J connectivity index is 1.63. The quantitative estimate of drug-likeness (QED) is 0.615. The van der Waals surface area contributed by atoms with E-state index in [0.29, 0.717) is 11.7 Å². The number of benzene rings is 2. The summed E-state index contributed by atoms with van der Waals surface area (Å²) in [6.45, 7) is 0.414. The fourth-order valence-corrected chi connectivity index (χ4v) is 3.86. The van der Waals surface area contributed by atoms with Gasteiger partial charge in [0.2, 0.25) is 5.91 Å². The lowest BCUT2D eigenvalue weighted by Gasteiger charge is -2.30. The van der Waals surface area contributed by atoms with Crippen LogP contribution in [0.3, 0.4) is 0 Å². The van der Waals surface area contributed by atoms with Gasteiger partial charge in [-0.05, 0) is 30.5 Å². The molecule has 0 N–H and O–H groups in total. The first-order chi connectivity index (χ1) is 12.7. The van der Waals surface area contributed by atoms with Crippen LogP contribution in [0.15, 0.2) is 60.0 Å². The zero-order valence-electron chi connectivity index (χ0n) is 14.3. The number of nitrogens with zero attached hydrogens (tertiary/aromatic N) is 2. The minimum atomic E-state index is -0.272. The predicted octanol–water partition coefficient (Wildman–Crippen LogP) is 5.28. The molecule has 0 aliphatic heterocycles. The third kappa shape index (κ3) is 3.53. The molecule has 3 nitrogen and oxygen atoms in total. The van der Waals surface area contributed by atoms with Crippen molar-refractivity contribution >= 4 is 22.4 Å². The summed E-state index contributed by atoms with van der Waals surface area (Å²) < 4.78 is 13.2. The van der Waals surface area contributed by atoms with E-state index in [0.717, 1.165) is 36.1 Å². The molecule has 1 aliphatic rings. The molecule has 0 atom stereocenters. The lowest BCUT2D eigenvalue weighted by Crippen LogP contribution is -2.38. The van der Waals surface area contributed by atoms with Crippen molar-refractivity contribution in [1.82, 2.24) is 4.98 Å². The molecule has 1 aliphatic carbocycles. The van der Waals surface area contributed by atoms with Crippen LogP contribution in [-0.4, -0.2) is 10.9 Å². The van der Waals surface area contributed by atoms with Crippen molar-refractivity contribution < 1.29 is 9.18 Å². The van der Waals surface area contributed by atoms with Gasteiger partial charge in [-0.2, -0.15) is 0 Å². The highest BCUT2D eigenvalue weighted by Gasteiger charge is 2.31. The van der Waals surface area contributed by atoms with Crippen LogP contribution in [0.25, 0.3) is 11.3 Å². The van der Waals surface area contributed by atoms with Gasteiger partial charge in [0.1, 0.15) is 5.82 Å². The molecule has 0 unspecified atom stereocenters. The van der Waals surface area contributed by atoms with Crippen LogP contribution in [-0.2, 0) is 11.3 Å². The second-order valence-electron chi connectivity index (χ2n) is 6.56. The Morgan fingerprint density at radius 3 is 2.50 bits per heavy atom. The topological polar surface area (TPSA) is 33.2 Å². The normalized spacial score (nSPS) is 14.0. The van der Waals surface area contributed by atoms with E-state index in [4.69, 9.17) is 4.98 Å². The van der Waals surface area contributed by atoms with E-state index in [1.807, 2.05) is 35.7 Å². The van der Waals surface area contributed by atoms with E-state index >= 15 is 0 Å². The Morgan fingerprint density at radius 1 is 1.12 bits per heavy atom. The average molecular weight is 366 g/mol. The smallest absolute Gasteiger partial charge is 0.232 e. The van der Waals surface area contributed by atoms with Crippen molar-refractivity contribution in [3.05, 3.63) is 71.4 Å². The van der Waals surface area contributed by atoms with Gasteiger partial charge in [0.15, 0.2) is 5.13 Å². The largest absolute Gasteiger partial charge is 0.283 e. The Hall–Kier alpha value is -2.53. The van der Waals surface area contributed by atoms with E-state index in [1.54, 1.807) is 17.0 Å². The fourth-order valence-electron chi connectivity index (χ4n) is 3.02. The molecule has 26 heavy (non-hydrogen) atoms. The number of carbonyl (C=O) groups excluding carboxylic acids is 1. The van der Waals surface area contributed by atoms with Gasteiger partial charge in [-0.25, -0.2) is 9.37 Å². The maximum Gasteiger partial charge on any atom is 0.232 e. The van der Waals surface area contributed by atoms with Gasteiger partial charge in [0, 0.05) is 16.9 Å². The summed E-state index contributed by atoms with van der Waals surface area (Å²) >= 11 is 1.48. The molecule has 1 fully saturated rings. The molecular formula is C21H19FN2OS. The minimum absolute atomic E-state index is 0.0829. The van der Waals surface area contributed by atoms with Crippen LogP contribution in [0.5, 0.6) is 0 Å². The predicted molar refractivity (Wildman–Crippen MR) is 102 cm³/mol. The first-order valence-corrected chi connectivity index (χ1v) is 9.65. The number of hydrogen-bond acceptors (Lipinski definition) is 3. The second-order valence-corrected chi connectivity index (χ2v) is 7.40. The number of halogens is 1. The van der Waals surface area contributed by atoms with Crippen molar-refractivity contribution in [1.29, 1.82) is 0 Å². The molecule has 0 bridgehead atoms. The zero-order chi connectivity index (χ0) is 17.9. The van der Waals surface area contributed by atoms with Crippen LogP contribution in [0.2, 0.25) is 0 Å².